The van der Waals surface area contributed by atoms with Crippen molar-refractivity contribution < 1.29 is 28.6 Å². The lowest BCUT2D eigenvalue weighted by Gasteiger charge is -2.33. The van der Waals surface area contributed by atoms with Gasteiger partial charge in [0.1, 0.15) is 23.3 Å². The van der Waals surface area contributed by atoms with E-state index in [0.29, 0.717) is 13.2 Å². The molecule has 3 amide bonds. The van der Waals surface area contributed by atoms with Gasteiger partial charge < -0.3 is 34.4 Å². The molecule has 2 aliphatic heterocycles. The van der Waals surface area contributed by atoms with Crippen molar-refractivity contribution in [2.75, 3.05) is 27.4 Å². The van der Waals surface area contributed by atoms with E-state index in [4.69, 9.17) is 24.2 Å². The third-order valence-electron chi connectivity index (χ3n) is 12.2. The molecule has 310 valence electrons. The van der Waals surface area contributed by atoms with Crippen molar-refractivity contribution >= 4 is 61.7 Å². The van der Waals surface area contributed by atoms with Crippen molar-refractivity contribution in [3.8, 4) is 11.1 Å². The summed E-state index contributed by atoms with van der Waals surface area (Å²) in [5.74, 6) is 1.64. The van der Waals surface area contributed by atoms with Gasteiger partial charge in [-0.05, 0) is 98.5 Å². The molecule has 6 aromatic rings. The van der Waals surface area contributed by atoms with Crippen molar-refractivity contribution in [3.63, 3.8) is 0 Å². The van der Waals surface area contributed by atoms with Crippen LogP contribution in [0.4, 0.5) is 9.59 Å². The lowest BCUT2D eigenvalue weighted by atomic mass is 9.98. The monoisotopic (exact) mass is 801 g/mol. The Balaban J connectivity index is 1.08. The summed E-state index contributed by atoms with van der Waals surface area (Å²) in [4.78, 5) is 60.5. The summed E-state index contributed by atoms with van der Waals surface area (Å²) < 4.78 is 16.1. The maximum atomic E-state index is 14.1. The minimum absolute atomic E-state index is 0.0373. The van der Waals surface area contributed by atoms with Crippen molar-refractivity contribution in [2.45, 2.75) is 91.1 Å². The number of hydrogen-bond donors (Lipinski definition) is 3. The number of nitrogens with one attached hydrogen (secondary N) is 3. The first-order valence-corrected chi connectivity index (χ1v) is 20.6. The van der Waals surface area contributed by atoms with E-state index in [9.17, 15) is 14.4 Å². The summed E-state index contributed by atoms with van der Waals surface area (Å²) in [6.45, 7) is 14.8. The number of carbonyl (C=O) groups excluding carboxylic acids is 3. The minimum atomic E-state index is -0.720. The van der Waals surface area contributed by atoms with E-state index in [-0.39, 0.29) is 47.9 Å². The summed E-state index contributed by atoms with van der Waals surface area (Å²) in [5.41, 5.74) is 5.11. The Morgan fingerprint density at radius 2 is 1.41 bits per heavy atom. The Kier molecular flexibility index (Phi) is 10.5. The molecule has 0 unspecified atom stereocenters. The van der Waals surface area contributed by atoms with Crippen LogP contribution in [0.1, 0.15) is 85.0 Å². The van der Waals surface area contributed by atoms with Gasteiger partial charge in [-0.3, -0.25) is 9.69 Å². The number of amides is 3. The highest BCUT2D eigenvalue weighted by Crippen LogP contribution is 2.42. The molecule has 0 bridgehead atoms. The summed E-state index contributed by atoms with van der Waals surface area (Å²) in [5, 5.41) is 7.00. The molecule has 2 aromatic heterocycles. The Bertz CT molecular complexity index is 2570. The number of methoxy groups -OCH3 is 2. The molecule has 13 heteroatoms. The van der Waals surface area contributed by atoms with Crippen molar-refractivity contribution in [1.82, 2.24) is 35.1 Å². The van der Waals surface area contributed by atoms with Crippen LogP contribution in [-0.4, -0.2) is 92.9 Å². The molecule has 3 N–H and O–H groups in total. The van der Waals surface area contributed by atoms with Gasteiger partial charge in [-0.25, -0.2) is 19.6 Å². The first kappa shape index (κ1) is 40.1. The predicted molar refractivity (Wildman–Crippen MR) is 229 cm³/mol. The van der Waals surface area contributed by atoms with Crippen molar-refractivity contribution in [2.24, 2.45) is 17.8 Å². The highest BCUT2D eigenvalue weighted by molar-refractivity contribution is 6.07. The van der Waals surface area contributed by atoms with Crippen LogP contribution in [0.15, 0.2) is 60.7 Å². The van der Waals surface area contributed by atoms with Crippen LogP contribution >= 0.6 is 0 Å². The SMILES string of the molecule is COC[C@H]1C[C@@H](c2nc3ccc4cc(-c5ccc6c(ccc7nc([C@@H]8C[C@@H](C)[C@@H](C)N8C(=O)[C@@H](NC(=O)OC)C(C)C)[nH]c76)c5)ccc4c3[nH]2)N(C(=O)OC(C)(C)C)C1. The quantitative estimate of drug-likeness (QED) is 0.138. The molecule has 2 fully saturated rings. The maximum Gasteiger partial charge on any atom is 0.410 e. The number of hydrogen-bond acceptors (Lipinski definition) is 8. The molecular formula is C46H55N7O6. The number of imidazole rings is 2. The number of aromatic nitrogens is 4. The standard InChI is InChI=1S/C46H55N7O6/c1-24(2)38(51-44(55)58-9)43(54)53-26(4)25(3)18-37(53)42-48-35-17-13-31-21-29(11-15-33(31)40(35)50-42)28-10-14-32-30(20-28)12-16-34-39(32)49-41(47-34)36-19-27(23-57-8)22-52(36)45(56)59-46(5,6)7/h10-17,20-21,24-27,36-38H,18-19,22-23H2,1-9H3,(H,47,49)(H,48,50)(H,51,55)/t25-,26-,27+,36+,37+,38+/m1/s1. The summed E-state index contributed by atoms with van der Waals surface area (Å²) in [6.07, 6.45) is 0.519. The molecule has 4 aromatic carbocycles. The molecule has 0 saturated carbocycles. The van der Waals surface area contributed by atoms with E-state index in [1.165, 1.54) is 7.11 Å². The Labute approximate surface area is 344 Å². The van der Waals surface area contributed by atoms with E-state index >= 15 is 0 Å². The highest BCUT2D eigenvalue weighted by atomic mass is 16.6. The second kappa shape index (κ2) is 15.5. The van der Waals surface area contributed by atoms with Gasteiger partial charge in [0.05, 0.1) is 47.9 Å². The first-order chi connectivity index (χ1) is 28.1. The van der Waals surface area contributed by atoms with E-state index in [2.05, 4.69) is 77.7 Å². The van der Waals surface area contributed by atoms with Crippen LogP contribution in [0.3, 0.4) is 0 Å². The second-order valence-corrected chi connectivity index (χ2v) is 17.8. The number of alkyl carbamates (subject to hydrolysis) is 1. The highest BCUT2D eigenvalue weighted by Gasteiger charge is 2.45. The number of aromatic amines is 2. The third kappa shape index (κ3) is 7.56. The molecule has 8 rings (SSSR count). The number of H-pyrrole nitrogens is 2. The van der Waals surface area contributed by atoms with Gasteiger partial charge in [0.2, 0.25) is 5.91 Å². The largest absolute Gasteiger partial charge is 0.453 e. The zero-order chi connectivity index (χ0) is 41.9. The molecule has 4 heterocycles. The lowest BCUT2D eigenvalue weighted by Crippen LogP contribution is -2.53. The number of nitrogens with zero attached hydrogens (tertiary/aromatic N) is 4. The zero-order valence-corrected chi connectivity index (χ0v) is 35.4. The fourth-order valence-corrected chi connectivity index (χ4v) is 9.07. The van der Waals surface area contributed by atoms with E-state index < -0.39 is 17.7 Å². The number of carbonyl (C=O) groups is 3. The topological polar surface area (TPSA) is 155 Å². The lowest BCUT2D eigenvalue weighted by molar-refractivity contribution is -0.137. The zero-order valence-electron chi connectivity index (χ0n) is 35.4. The minimum Gasteiger partial charge on any atom is -0.453 e. The normalized spacial score (nSPS) is 21.6. The van der Waals surface area contributed by atoms with Gasteiger partial charge in [-0.15, -0.1) is 0 Å². The van der Waals surface area contributed by atoms with Gasteiger partial charge in [0.25, 0.3) is 0 Å². The van der Waals surface area contributed by atoms with Crippen LogP contribution in [-0.2, 0) is 19.0 Å². The fourth-order valence-electron chi connectivity index (χ4n) is 9.07. The Morgan fingerprint density at radius 1 is 0.831 bits per heavy atom. The van der Waals surface area contributed by atoms with Crippen molar-refractivity contribution in [3.05, 3.63) is 72.3 Å². The summed E-state index contributed by atoms with van der Waals surface area (Å²) >= 11 is 0. The number of ether oxygens (including phenoxy) is 3. The molecule has 13 nitrogen and oxygen atoms in total. The average molecular weight is 802 g/mol. The van der Waals surface area contributed by atoms with Crippen LogP contribution in [0, 0.1) is 17.8 Å². The van der Waals surface area contributed by atoms with Gasteiger partial charge in [-0.1, -0.05) is 57.2 Å². The Hall–Kier alpha value is -5.69. The molecule has 0 aliphatic carbocycles. The van der Waals surface area contributed by atoms with Crippen LogP contribution in [0.2, 0.25) is 0 Å². The molecular weight excluding hydrogens is 747 g/mol. The van der Waals surface area contributed by atoms with E-state index in [1.807, 2.05) is 51.7 Å². The van der Waals surface area contributed by atoms with Crippen molar-refractivity contribution in [1.29, 1.82) is 0 Å². The molecule has 0 radical (unpaired) electrons. The summed E-state index contributed by atoms with van der Waals surface area (Å²) in [6, 6.07) is 19.9. The van der Waals surface area contributed by atoms with Gasteiger partial charge in [0.15, 0.2) is 0 Å². The van der Waals surface area contributed by atoms with E-state index in [0.717, 1.165) is 79.2 Å². The van der Waals surface area contributed by atoms with E-state index in [1.54, 1.807) is 12.0 Å². The fraction of sp³-hybridized carbons (Fsp3) is 0.457. The molecule has 2 saturated heterocycles. The summed E-state index contributed by atoms with van der Waals surface area (Å²) in [7, 11) is 2.99. The molecule has 0 spiro atoms. The number of likely N-dealkylation sites (tertiary alicyclic amines) is 2. The number of rotatable bonds is 8. The smallest absolute Gasteiger partial charge is 0.410 e. The van der Waals surface area contributed by atoms with Crippen LogP contribution in [0.5, 0.6) is 0 Å². The molecule has 6 atom stereocenters. The average Bonchev–Trinajstić information content (AvgIpc) is 4.00. The molecule has 59 heavy (non-hydrogen) atoms. The van der Waals surface area contributed by atoms with Gasteiger partial charge in [-0.2, -0.15) is 0 Å². The Morgan fingerprint density at radius 3 is 1.93 bits per heavy atom. The predicted octanol–water partition coefficient (Wildman–Crippen LogP) is 9.04. The van der Waals surface area contributed by atoms with Gasteiger partial charge >= 0.3 is 12.2 Å². The van der Waals surface area contributed by atoms with Gasteiger partial charge in [0, 0.05) is 36.4 Å². The third-order valence-corrected chi connectivity index (χ3v) is 12.2. The second-order valence-electron chi connectivity index (χ2n) is 17.8. The number of benzene rings is 4. The van der Waals surface area contributed by atoms with Crippen LogP contribution in [0.25, 0.3) is 54.7 Å². The maximum absolute atomic E-state index is 14.1. The first-order valence-electron chi connectivity index (χ1n) is 20.6. The van der Waals surface area contributed by atoms with Crippen LogP contribution < -0.4 is 5.32 Å². The molecule has 2 aliphatic rings. The number of fused-ring (bicyclic) bond motifs is 6.